The molecule has 0 amide bonds. The minimum Gasteiger partial charge on any atom is -0.370 e. The van der Waals surface area contributed by atoms with Gasteiger partial charge in [0.05, 0.1) is 0 Å². The van der Waals surface area contributed by atoms with Gasteiger partial charge in [-0.05, 0) is 13.8 Å². The van der Waals surface area contributed by atoms with Crippen LogP contribution in [-0.4, -0.2) is 27.2 Å². The summed E-state index contributed by atoms with van der Waals surface area (Å²) in [5.74, 6) is 1.12. The molecule has 0 unspecified atom stereocenters. The van der Waals surface area contributed by atoms with Gasteiger partial charge in [-0.25, -0.2) is 9.98 Å². The van der Waals surface area contributed by atoms with Crippen molar-refractivity contribution in [1.82, 2.24) is 20.5 Å². The van der Waals surface area contributed by atoms with Crippen LogP contribution in [0.15, 0.2) is 11.3 Å². The first-order valence-electron chi connectivity index (χ1n) is 4.09. The molecule has 0 aromatic carbocycles. The molecule has 1 heterocycles. The fourth-order valence-corrected chi connectivity index (χ4v) is 0.808. The van der Waals surface area contributed by atoms with Gasteiger partial charge in [0.25, 0.3) is 0 Å². The summed E-state index contributed by atoms with van der Waals surface area (Å²) in [7, 11) is 0. The molecule has 0 radical (unpaired) electrons. The molecule has 0 fully saturated rings. The summed E-state index contributed by atoms with van der Waals surface area (Å²) in [5, 5.41) is 9.36. The highest BCUT2D eigenvalue weighted by Gasteiger charge is 1.96. The van der Waals surface area contributed by atoms with E-state index in [2.05, 4.69) is 25.5 Å². The lowest BCUT2D eigenvalue weighted by molar-refractivity contribution is 0.722. The number of nitrogens with zero attached hydrogens (tertiary/aromatic N) is 3. The Morgan fingerprint density at radius 2 is 2.54 bits per heavy atom. The molecule has 0 atom stereocenters. The van der Waals surface area contributed by atoms with Crippen LogP contribution in [0.3, 0.4) is 0 Å². The summed E-state index contributed by atoms with van der Waals surface area (Å²) >= 11 is 0. The van der Waals surface area contributed by atoms with E-state index in [1.54, 1.807) is 0 Å². The molecule has 1 aromatic heterocycles. The third-order valence-corrected chi connectivity index (χ3v) is 1.30. The summed E-state index contributed by atoms with van der Waals surface area (Å²) < 4.78 is 0. The van der Waals surface area contributed by atoms with Crippen molar-refractivity contribution in [3.05, 3.63) is 12.2 Å². The predicted molar refractivity (Wildman–Crippen MR) is 50.0 cm³/mol. The van der Waals surface area contributed by atoms with E-state index < -0.39 is 0 Å². The summed E-state index contributed by atoms with van der Waals surface area (Å²) in [4.78, 5) is 7.97. The number of nitrogens with one attached hydrogen (secondary N) is 2. The van der Waals surface area contributed by atoms with E-state index >= 15 is 0 Å². The molecular weight excluding hydrogens is 168 g/mol. The van der Waals surface area contributed by atoms with Crippen molar-refractivity contribution in [2.24, 2.45) is 10.7 Å². The summed E-state index contributed by atoms with van der Waals surface area (Å²) in [6.07, 6.45) is 1.44. The zero-order valence-electron chi connectivity index (χ0n) is 7.78. The Morgan fingerprint density at radius 3 is 3.08 bits per heavy atom. The van der Waals surface area contributed by atoms with Crippen molar-refractivity contribution in [2.45, 2.75) is 26.4 Å². The molecule has 6 nitrogen and oxygen atoms in total. The molecule has 0 spiro atoms. The second-order valence-corrected chi connectivity index (χ2v) is 2.93. The fraction of sp³-hybridized carbons (Fsp3) is 0.571. The summed E-state index contributed by atoms with van der Waals surface area (Å²) in [5.41, 5.74) is 5.57. The number of hydrogen-bond acceptors (Lipinski definition) is 3. The van der Waals surface area contributed by atoms with Crippen molar-refractivity contribution >= 4 is 5.96 Å². The number of nitrogens with two attached hydrogens (primary N) is 1. The lowest BCUT2D eigenvalue weighted by Gasteiger charge is -2.07. The maximum Gasteiger partial charge on any atom is 0.189 e. The van der Waals surface area contributed by atoms with Gasteiger partial charge in [-0.2, -0.15) is 5.10 Å². The minimum absolute atomic E-state index is 0.290. The molecule has 13 heavy (non-hydrogen) atoms. The lowest BCUT2D eigenvalue weighted by atomic mass is 10.4. The average molecular weight is 182 g/mol. The molecule has 0 aliphatic heterocycles. The van der Waals surface area contributed by atoms with Crippen LogP contribution in [0.1, 0.15) is 19.7 Å². The minimum atomic E-state index is 0.290. The fourth-order valence-electron chi connectivity index (χ4n) is 0.808. The molecule has 0 aliphatic carbocycles. The van der Waals surface area contributed by atoms with Gasteiger partial charge < -0.3 is 11.1 Å². The van der Waals surface area contributed by atoms with Gasteiger partial charge in [0.15, 0.2) is 5.96 Å². The van der Waals surface area contributed by atoms with Gasteiger partial charge in [0.1, 0.15) is 18.7 Å². The van der Waals surface area contributed by atoms with Crippen molar-refractivity contribution in [3.8, 4) is 0 Å². The third-order valence-electron chi connectivity index (χ3n) is 1.30. The van der Waals surface area contributed by atoms with E-state index in [9.17, 15) is 0 Å². The van der Waals surface area contributed by atoms with Crippen molar-refractivity contribution in [1.29, 1.82) is 0 Å². The largest absolute Gasteiger partial charge is 0.370 e. The Morgan fingerprint density at radius 1 is 1.77 bits per heavy atom. The highest BCUT2D eigenvalue weighted by Crippen LogP contribution is 1.88. The monoisotopic (exact) mass is 182 g/mol. The number of guanidine groups is 1. The van der Waals surface area contributed by atoms with Gasteiger partial charge >= 0.3 is 0 Å². The molecule has 0 aliphatic rings. The first kappa shape index (κ1) is 9.50. The zero-order chi connectivity index (χ0) is 9.68. The zero-order valence-corrected chi connectivity index (χ0v) is 7.78. The molecule has 72 valence electrons. The van der Waals surface area contributed by atoms with Crippen molar-refractivity contribution < 1.29 is 0 Å². The highest BCUT2D eigenvalue weighted by atomic mass is 15.2. The molecular formula is C7H14N6. The number of aromatic amines is 1. The summed E-state index contributed by atoms with van der Waals surface area (Å²) in [6, 6.07) is 0.290. The van der Waals surface area contributed by atoms with Crippen molar-refractivity contribution in [2.75, 3.05) is 0 Å². The van der Waals surface area contributed by atoms with Crippen LogP contribution in [0.25, 0.3) is 0 Å². The van der Waals surface area contributed by atoms with Gasteiger partial charge in [-0.3, -0.25) is 5.10 Å². The number of aliphatic imine (C=N–C) groups is 1. The topological polar surface area (TPSA) is 92.0 Å². The summed E-state index contributed by atoms with van der Waals surface area (Å²) in [6.45, 7) is 4.42. The smallest absolute Gasteiger partial charge is 0.189 e. The van der Waals surface area contributed by atoms with E-state index in [-0.39, 0.29) is 0 Å². The average Bonchev–Trinajstić information content (AvgIpc) is 2.51. The lowest BCUT2D eigenvalue weighted by Crippen LogP contribution is -2.36. The normalized spacial score (nSPS) is 12.1. The van der Waals surface area contributed by atoms with Gasteiger partial charge in [-0.15, -0.1) is 0 Å². The Kier molecular flexibility index (Phi) is 3.24. The highest BCUT2D eigenvalue weighted by molar-refractivity contribution is 5.77. The number of hydrogen-bond donors (Lipinski definition) is 3. The van der Waals surface area contributed by atoms with Crippen molar-refractivity contribution in [3.63, 3.8) is 0 Å². The van der Waals surface area contributed by atoms with Crippen LogP contribution in [0.5, 0.6) is 0 Å². The van der Waals surface area contributed by atoms with E-state index in [0.717, 1.165) is 0 Å². The Labute approximate surface area is 76.7 Å². The van der Waals surface area contributed by atoms with E-state index in [0.29, 0.717) is 24.4 Å². The standard InChI is InChI=1S/C7H14N6/c1-5(2)12-7(8)9-3-6-10-4-11-13-6/h4-5H,3H2,1-2H3,(H3,8,9,12)(H,10,11,13). The second-order valence-electron chi connectivity index (χ2n) is 2.93. The van der Waals surface area contributed by atoms with Gasteiger partial charge in [0.2, 0.25) is 0 Å². The molecule has 0 saturated carbocycles. The number of rotatable bonds is 3. The Hall–Kier alpha value is -1.59. The molecule has 1 aromatic rings. The molecule has 0 saturated heterocycles. The van der Waals surface area contributed by atoms with Crippen LogP contribution in [-0.2, 0) is 6.54 Å². The van der Waals surface area contributed by atoms with Crippen LogP contribution in [0.2, 0.25) is 0 Å². The van der Waals surface area contributed by atoms with Crippen LogP contribution >= 0.6 is 0 Å². The van der Waals surface area contributed by atoms with Crippen LogP contribution in [0.4, 0.5) is 0 Å². The second kappa shape index (κ2) is 4.44. The first-order chi connectivity index (χ1) is 6.18. The SMILES string of the molecule is CC(C)NC(N)=NCc1ncn[nH]1. The third kappa shape index (κ3) is 3.55. The molecule has 0 bridgehead atoms. The molecule has 1 rings (SSSR count). The van der Waals surface area contributed by atoms with E-state index in [1.807, 2.05) is 13.8 Å². The van der Waals surface area contributed by atoms with Gasteiger partial charge in [0, 0.05) is 6.04 Å². The Balaban J connectivity index is 2.39. The maximum atomic E-state index is 5.57. The van der Waals surface area contributed by atoms with E-state index in [4.69, 9.17) is 5.73 Å². The predicted octanol–water partition coefficient (Wildman–Crippen LogP) is -0.383. The maximum absolute atomic E-state index is 5.57. The quantitative estimate of drug-likeness (QED) is 0.439. The number of aromatic nitrogens is 3. The molecule has 6 heteroatoms. The Bertz CT molecular complexity index is 263. The van der Waals surface area contributed by atoms with E-state index in [1.165, 1.54) is 6.33 Å². The van der Waals surface area contributed by atoms with Crippen LogP contribution < -0.4 is 11.1 Å². The molecule has 4 N–H and O–H groups in total. The van der Waals surface area contributed by atoms with Crippen LogP contribution in [0, 0.1) is 0 Å². The number of H-pyrrole nitrogens is 1. The first-order valence-corrected chi connectivity index (χ1v) is 4.09. The van der Waals surface area contributed by atoms with Gasteiger partial charge in [-0.1, -0.05) is 0 Å².